The molecule has 0 aliphatic carbocycles. The summed E-state index contributed by atoms with van der Waals surface area (Å²) in [6.07, 6.45) is 1.05. The lowest BCUT2D eigenvalue weighted by atomic mass is 9.93. The lowest BCUT2D eigenvalue weighted by Crippen LogP contribution is -2.51. The molecule has 128 valence electrons. The number of amides is 2. The second-order valence-electron chi connectivity index (χ2n) is 7.04. The summed E-state index contributed by atoms with van der Waals surface area (Å²) in [5.41, 5.74) is 4.43. The average Bonchev–Trinajstić information content (AvgIpc) is 2.49. The summed E-state index contributed by atoms with van der Waals surface area (Å²) in [7, 11) is 1.93. The van der Waals surface area contributed by atoms with Crippen LogP contribution >= 0.6 is 0 Å². The van der Waals surface area contributed by atoms with Gasteiger partial charge in [-0.25, -0.2) is 4.79 Å². The highest BCUT2D eigenvalue weighted by Gasteiger charge is 2.30. The van der Waals surface area contributed by atoms with Crippen LogP contribution in [0.3, 0.4) is 0 Å². The summed E-state index contributed by atoms with van der Waals surface area (Å²) < 4.78 is 0. The molecule has 0 saturated carbocycles. The number of rotatable bonds is 3. The van der Waals surface area contributed by atoms with E-state index in [2.05, 4.69) is 57.0 Å². The molecule has 4 heteroatoms. The Morgan fingerprint density at radius 1 is 1.30 bits per heavy atom. The van der Waals surface area contributed by atoms with Gasteiger partial charge in [0.15, 0.2) is 0 Å². The third kappa shape index (κ3) is 4.05. The van der Waals surface area contributed by atoms with Crippen LogP contribution in [0, 0.1) is 26.7 Å². The maximum atomic E-state index is 12.7. The molecule has 0 unspecified atom stereocenters. The molecular weight excluding hydrogens is 286 g/mol. The number of carbonyl (C=O) groups excluding carboxylic acids is 1. The van der Waals surface area contributed by atoms with Crippen molar-refractivity contribution in [3.8, 4) is 0 Å². The second-order valence-corrected chi connectivity index (χ2v) is 7.04. The van der Waals surface area contributed by atoms with Crippen LogP contribution in [0.1, 0.15) is 37.0 Å². The number of nitrogens with zero attached hydrogens (tertiary/aromatic N) is 2. The minimum Gasteiger partial charge on any atom is -0.324 e. The molecular formula is C19H31N3O. The van der Waals surface area contributed by atoms with Gasteiger partial charge in [0, 0.05) is 31.9 Å². The summed E-state index contributed by atoms with van der Waals surface area (Å²) >= 11 is 0. The molecule has 1 saturated heterocycles. The van der Waals surface area contributed by atoms with Gasteiger partial charge >= 0.3 is 6.03 Å². The number of urea groups is 1. The first-order valence-corrected chi connectivity index (χ1v) is 8.67. The summed E-state index contributed by atoms with van der Waals surface area (Å²) in [4.78, 5) is 17.1. The molecule has 2 atom stereocenters. The van der Waals surface area contributed by atoms with Crippen LogP contribution in [0.25, 0.3) is 0 Å². The minimum atomic E-state index is 0.00171. The lowest BCUT2D eigenvalue weighted by Gasteiger charge is -2.41. The molecule has 1 aliphatic rings. The summed E-state index contributed by atoms with van der Waals surface area (Å²) in [6.45, 7) is 13.9. The van der Waals surface area contributed by atoms with E-state index in [1.54, 1.807) is 0 Å². The van der Waals surface area contributed by atoms with Crippen molar-refractivity contribution in [2.45, 2.75) is 47.1 Å². The van der Waals surface area contributed by atoms with Crippen molar-refractivity contribution < 1.29 is 4.79 Å². The molecule has 0 radical (unpaired) electrons. The maximum Gasteiger partial charge on any atom is 0.321 e. The van der Waals surface area contributed by atoms with Crippen molar-refractivity contribution in [1.29, 1.82) is 0 Å². The molecule has 1 N–H and O–H groups in total. The topological polar surface area (TPSA) is 35.6 Å². The van der Waals surface area contributed by atoms with Gasteiger partial charge in [-0.15, -0.1) is 0 Å². The van der Waals surface area contributed by atoms with E-state index in [-0.39, 0.29) is 6.03 Å². The van der Waals surface area contributed by atoms with Gasteiger partial charge in [-0.3, -0.25) is 0 Å². The zero-order valence-corrected chi connectivity index (χ0v) is 15.4. The largest absolute Gasteiger partial charge is 0.324 e. The SMILES string of the molecule is CCN1CC[C@H](N(C)C(=O)Nc2c(C)cc(C)cc2C)[C@@H](C)C1. The van der Waals surface area contributed by atoms with Gasteiger partial charge in [0.25, 0.3) is 0 Å². The molecule has 2 amide bonds. The van der Waals surface area contributed by atoms with Crippen LogP contribution in [0.5, 0.6) is 0 Å². The summed E-state index contributed by atoms with van der Waals surface area (Å²) in [5, 5.41) is 3.12. The standard InChI is InChI=1S/C19H31N3O/c1-7-22-9-8-17(16(5)12-22)21(6)19(23)20-18-14(3)10-13(2)11-15(18)4/h10-11,16-17H,7-9,12H2,1-6H3,(H,20,23)/t16-,17-/m0/s1. The fraction of sp³-hybridized carbons (Fsp3) is 0.632. The smallest absolute Gasteiger partial charge is 0.321 e. The predicted molar refractivity (Wildman–Crippen MR) is 97.1 cm³/mol. The zero-order valence-electron chi connectivity index (χ0n) is 15.4. The van der Waals surface area contributed by atoms with Crippen molar-refractivity contribution in [3.63, 3.8) is 0 Å². The van der Waals surface area contributed by atoms with E-state index in [1.165, 1.54) is 5.56 Å². The van der Waals surface area contributed by atoms with Gasteiger partial charge in [0.2, 0.25) is 0 Å². The Kier molecular flexibility index (Phi) is 5.69. The number of hydrogen-bond donors (Lipinski definition) is 1. The first-order valence-electron chi connectivity index (χ1n) is 8.67. The molecule has 23 heavy (non-hydrogen) atoms. The Morgan fingerprint density at radius 2 is 1.91 bits per heavy atom. The van der Waals surface area contributed by atoms with Crippen molar-refractivity contribution in [1.82, 2.24) is 9.80 Å². The molecule has 1 heterocycles. The fourth-order valence-electron chi connectivity index (χ4n) is 3.81. The monoisotopic (exact) mass is 317 g/mol. The van der Waals surface area contributed by atoms with Crippen LogP contribution in [0.2, 0.25) is 0 Å². The number of hydrogen-bond acceptors (Lipinski definition) is 2. The van der Waals surface area contributed by atoms with E-state index in [4.69, 9.17) is 0 Å². The number of anilines is 1. The number of benzene rings is 1. The Hall–Kier alpha value is -1.55. The third-order valence-electron chi connectivity index (χ3n) is 5.12. The van der Waals surface area contributed by atoms with Gasteiger partial charge in [-0.05, 0) is 50.8 Å². The van der Waals surface area contributed by atoms with Gasteiger partial charge in [-0.1, -0.05) is 31.5 Å². The van der Waals surface area contributed by atoms with Crippen molar-refractivity contribution in [2.75, 3.05) is 32.0 Å². The molecule has 1 aromatic carbocycles. The highest BCUT2D eigenvalue weighted by Crippen LogP contribution is 2.25. The van der Waals surface area contributed by atoms with Crippen LogP contribution in [-0.2, 0) is 0 Å². The van der Waals surface area contributed by atoms with Crippen LogP contribution in [0.4, 0.5) is 10.5 Å². The van der Waals surface area contributed by atoms with E-state index in [1.807, 2.05) is 11.9 Å². The van der Waals surface area contributed by atoms with E-state index in [9.17, 15) is 4.79 Å². The predicted octanol–water partition coefficient (Wildman–Crippen LogP) is 3.81. The summed E-state index contributed by atoms with van der Waals surface area (Å²) in [6, 6.07) is 4.54. The average molecular weight is 317 g/mol. The molecule has 1 aliphatic heterocycles. The Labute approximate surface area is 140 Å². The van der Waals surface area contributed by atoms with Gasteiger partial charge in [0.05, 0.1) is 0 Å². The highest BCUT2D eigenvalue weighted by molar-refractivity contribution is 5.91. The highest BCUT2D eigenvalue weighted by atomic mass is 16.2. The van der Waals surface area contributed by atoms with E-state index >= 15 is 0 Å². The first kappa shape index (κ1) is 17.8. The number of nitrogens with one attached hydrogen (secondary N) is 1. The van der Waals surface area contributed by atoms with Crippen LogP contribution in [-0.4, -0.2) is 48.6 Å². The van der Waals surface area contributed by atoms with E-state index in [0.29, 0.717) is 12.0 Å². The van der Waals surface area contributed by atoms with Gasteiger partial charge in [-0.2, -0.15) is 0 Å². The molecule has 1 fully saturated rings. The molecule has 0 bridgehead atoms. The van der Waals surface area contributed by atoms with Crippen molar-refractivity contribution in [2.24, 2.45) is 5.92 Å². The fourth-order valence-corrected chi connectivity index (χ4v) is 3.81. The summed E-state index contributed by atoms with van der Waals surface area (Å²) in [5.74, 6) is 0.500. The maximum absolute atomic E-state index is 12.7. The van der Waals surface area contributed by atoms with Gasteiger partial charge < -0.3 is 15.1 Å². The quantitative estimate of drug-likeness (QED) is 0.920. The van der Waals surface area contributed by atoms with Crippen LogP contribution < -0.4 is 5.32 Å². The minimum absolute atomic E-state index is 0.00171. The zero-order chi connectivity index (χ0) is 17.1. The van der Waals surface area contributed by atoms with Gasteiger partial charge in [0.1, 0.15) is 0 Å². The van der Waals surface area contributed by atoms with E-state index < -0.39 is 0 Å². The Morgan fingerprint density at radius 3 is 2.43 bits per heavy atom. The third-order valence-corrected chi connectivity index (χ3v) is 5.12. The number of carbonyl (C=O) groups is 1. The van der Waals surface area contributed by atoms with E-state index in [0.717, 1.165) is 42.9 Å². The van der Waals surface area contributed by atoms with Crippen molar-refractivity contribution in [3.05, 3.63) is 28.8 Å². The molecule has 2 rings (SSSR count). The molecule has 1 aromatic rings. The Bertz CT molecular complexity index is 547. The first-order chi connectivity index (χ1) is 10.8. The van der Waals surface area contributed by atoms with Crippen molar-refractivity contribution >= 4 is 11.7 Å². The number of piperidine rings is 1. The van der Waals surface area contributed by atoms with Crippen LogP contribution in [0.15, 0.2) is 12.1 Å². The number of likely N-dealkylation sites (tertiary alicyclic amines) is 1. The Balaban J connectivity index is 2.06. The normalized spacial score (nSPS) is 22.0. The molecule has 4 nitrogen and oxygen atoms in total. The molecule has 0 spiro atoms. The number of aryl methyl sites for hydroxylation is 3. The lowest BCUT2D eigenvalue weighted by molar-refractivity contribution is 0.101. The molecule has 0 aromatic heterocycles. The second kappa shape index (κ2) is 7.35.